The van der Waals surface area contributed by atoms with Crippen molar-refractivity contribution < 1.29 is 13.6 Å². The Morgan fingerprint density at radius 2 is 1.89 bits per heavy atom. The Morgan fingerprint density at radius 3 is 2.47 bits per heavy atom. The summed E-state index contributed by atoms with van der Waals surface area (Å²) >= 11 is 0. The van der Waals surface area contributed by atoms with E-state index < -0.39 is 17.5 Å². The molecule has 0 atom stereocenters. The standard InChI is InChI=1S/C14H18F2N2O/c1-17(2)10-6-8-18(9-7-10)14(19)11-4-3-5-12(15)13(11)16/h3-5,10H,6-9H2,1-2H3. The van der Waals surface area contributed by atoms with Gasteiger partial charge in [0.2, 0.25) is 0 Å². The molecular formula is C14H18F2N2O. The SMILES string of the molecule is CN(C)C1CCN(C(=O)c2cccc(F)c2F)CC1. The zero-order chi connectivity index (χ0) is 14.0. The maximum atomic E-state index is 13.6. The highest BCUT2D eigenvalue weighted by Gasteiger charge is 2.26. The molecule has 0 saturated carbocycles. The molecule has 0 aliphatic carbocycles. The van der Waals surface area contributed by atoms with Crippen LogP contribution in [0.25, 0.3) is 0 Å². The molecule has 1 heterocycles. The molecule has 0 N–H and O–H groups in total. The van der Waals surface area contributed by atoms with Crippen LogP contribution >= 0.6 is 0 Å². The van der Waals surface area contributed by atoms with Crippen molar-refractivity contribution in [1.29, 1.82) is 0 Å². The topological polar surface area (TPSA) is 23.6 Å². The monoisotopic (exact) mass is 268 g/mol. The Balaban J connectivity index is 2.07. The van der Waals surface area contributed by atoms with Gasteiger partial charge in [-0.05, 0) is 39.1 Å². The first-order valence-corrected chi connectivity index (χ1v) is 6.40. The van der Waals surface area contributed by atoms with Crippen LogP contribution in [0.3, 0.4) is 0 Å². The number of carbonyl (C=O) groups excluding carboxylic acids is 1. The first-order valence-electron chi connectivity index (χ1n) is 6.40. The molecule has 0 radical (unpaired) electrons. The molecule has 19 heavy (non-hydrogen) atoms. The molecule has 1 aliphatic heterocycles. The summed E-state index contributed by atoms with van der Waals surface area (Å²) in [6, 6.07) is 4.16. The number of piperidine rings is 1. The van der Waals surface area contributed by atoms with Gasteiger partial charge in [0.15, 0.2) is 11.6 Å². The van der Waals surface area contributed by atoms with Crippen LogP contribution in [0, 0.1) is 11.6 Å². The minimum atomic E-state index is -1.05. The van der Waals surface area contributed by atoms with E-state index in [2.05, 4.69) is 4.90 Å². The van der Waals surface area contributed by atoms with Crippen molar-refractivity contribution >= 4 is 5.91 Å². The summed E-state index contributed by atoms with van der Waals surface area (Å²) in [5.41, 5.74) is -0.177. The lowest BCUT2D eigenvalue weighted by molar-refractivity contribution is 0.0657. The number of nitrogens with zero attached hydrogens (tertiary/aromatic N) is 2. The van der Waals surface area contributed by atoms with Crippen LogP contribution in [0.1, 0.15) is 23.2 Å². The highest BCUT2D eigenvalue weighted by atomic mass is 19.2. The third kappa shape index (κ3) is 2.92. The molecular weight excluding hydrogens is 250 g/mol. The number of halogens is 2. The van der Waals surface area contributed by atoms with Crippen molar-refractivity contribution in [2.24, 2.45) is 0 Å². The van der Waals surface area contributed by atoms with Crippen molar-refractivity contribution in [1.82, 2.24) is 9.80 Å². The average molecular weight is 268 g/mol. The molecule has 3 nitrogen and oxygen atoms in total. The molecule has 0 aromatic heterocycles. The van der Waals surface area contributed by atoms with Crippen LogP contribution in [0.4, 0.5) is 8.78 Å². The van der Waals surface area contributed by atoms with Gasteiger partial charge in [0.1, 0.15) is 0 Å². The van der Waals surface area contributed by atoms with Gasteiger partial charge >= 0.3 is 0 Å². The minimum Gasteiger partial charge on any atom is -0.338 e. The van der Waals surface area contributed by atoms with E-state index in [9.17, 15) is 13.6 Å². The molecule has 0 unspecified atom stereocenters. The predicted molar refractivity (Wildman–Crippen MR) is 69.0 cm³/mol. The summed E-state index contributed by atoms with van der Waals surface area (Å²) in [4.78, 5) is 15.9. The van der Waals surface area contributed by atoms with Crippen molar-refractivity contribution in [2.75, 3.05) is 27.2 Å². The smallest absolute Gasteiger partial charge is 0.256 e. The fourth-order valence-corrected chi connectivity index (χ4v) is 2.42. The molecule has 5 heteroatoms. The van der Waals surface area contributed by atoms with Crippen LogP contribution in [0.5, 0.6) is 0 Å². The molecule has 0 spiro atoms. The van der Waals surface area contributed by atoms with Gasteiger partial charge in [-0.15, -0.1) is 0 Å². The van der Waals surface area contributed by atoms with Gasteiger partial charge in [-0.1, -0.05) is 6.07 Å². The maximum absolute atomic E-state index is 13.6. The lowest BCUT2D eigenvalue weighted by atomic mass is 10.0. The lowest BCUT2D eigenvalue weighted by Crippen LogP contribution is -2.44. The van der Waals surface area contributed by atoms with Crippen molar-refractivity contribution in [2.45, 2.75) is 18.9 Å². The van der Waals surface area contributed by atoms with Crippen LogP contribution in [-0.4, -0.2) is 48.9 Å². The Morgan fingerprint density at radius 1 is 1.26 bits per heavy atom. The second kappa shape index (κ2) is 5.65. The fraction of sp³-hybridized carbons (Fsp3) is 0.500. The van der Waals surface area contributed by atoms with Crippen molar-refractivity contribution in [3.05, 3.63) is 35.4 Å². The average Bonchev–Trinajstić information content (AvgIpc) is 2.41. The van der Waals surface area contributed by atoms with Gasteiger partial charge in [-0.3, -0.25) is 4.79 Å². The van der Waals surface area contributed by atoms with Crippen LogP contribution in [-0.2, 0) is 0 Å². The zero-order valence-corrected chi connectivity index (χ0v) is 11.2. The normalized spacial score (nSPS) is 17.0. The summed E-state index contributed by atoms with van der Waals surface area (Å²) in [7, 11) is 4.02. The molecule has 1 aromatic carbocycles. The van der Waals surface area contributed by atoms with Gasteiger partial charge in [0, 0.05) is 19.1 Å². The van der Waals surface area contributed by atoms with Crippen LogP contribution < -0.4 is 0 Å². The first kappa shape index (κ1) is 13.9. The van der Waals surface area contributed by atoms with Crippen LogP contribution in [0.15, 0.2) is 18.2 Å². The largest absolute Gasteiger partial charge is 0.338 e. The van der Waals surface area contributed by atoms with E-state index in [1.54, 1.807) is 4.90 Å². The number of hydrogen-bond donors (Lipinski definition) is 0. The Labute approximate surface area is 111 Å². The quantitative estimate of drug-likeness (QED) is 0.820. The summed E-state index contributed by atoms with van der Waals surface area (Å²) in [5, 5.41) is 0. The molecule has 0 bridgehead atoms. The van der Waals surface area contributed by atoms with Gasteiger partial charge in [0.05, 0.1) is 5.56 Å². The lowest BCUT2D eigenvalue weighted by Gasteiger charge is -2.35. The second-order valence-electron chi connectivity index (χ2n) is 5.09. The summed E-state index contributed by atoms with van der Waals surface area (Å²) in [6.07, 6.45) is 1.71. The number of rotatable bonds is 2. The first-order chi connectivity index (χ1) is 9.00. The summed E-state index contributed by atoms with van der Waals surface area (Å²) in [6.45, 7) is 1.16. The number of likely N-dealkylation sites (tertiary alicyclic amines) is 1. The molecule has 1 saturated heterocycles. The highest BCUT2D eigenvalue weighted by Crippen LogP contribution is 2.19. The zero-order valence-electron chi connectivity index (χ0n) is 11.2. The van der Waals surface area contributed by atoms with Gasteiger partial charge in [0.25, 0.3) is 5.91 Å². The number of hydrogen-bond acceptors (Lipinski definition) is 2. The molecule has 104 valence electrons. The van der Waals surface area contributed by atoms with Gasteiger partial charge in [-0.25, -0.2) is 8.78 Å². The Hall–Kier alpha value is -1.49. The number of benzene rings is 1. The molecule has 1 aromatic rings. The van der Waals surface area contributed by atoms with E-state index in [4.69, 9.17) is 0 Å². The van der Waals surface area contributed by atoms with E-state index in [1.165, 1.54) is 12.1 Å². The highest BCUT2D eigenvalue weighted by molar-refractivity contribution is 5.94. The van der Waals surface area contributed by atoms with E-state index >= 15 is 0 Å². The molecule has 1 fully saturated rings. The Bertz CT molecular complexity index is 469. The van der Waals surface area contributed by atoms with Crippen molar-refractivity contribution in [3.8, 4) is 0 Å². The Kier molecular flexibility index (Phi) is 4.14. The summed E-state index contributed by atoms with van der Waals surface area (Å²) < 4.78 is 26.7. The minimum absolute atomic E-state index is 0.177. The maximum Gasteiger partial charge on any atom is 0.256 e. The van der Waals surface area contributed by atoms with Crippen molar-refractivity contribution in [3.63, 3.8) is 0 Å². The van der Waals surface area contributed by atoms with E-state index in [0.29, 0.717) is 19.1 Å². The van der Waals surface area contributed by atoms with Crippen LogP contribution in [0.2, 0.25) is 0 Å². The number of carbonyl (C=O) groups is 1. The van der Waals surface area contributed by atoms with Gasteiger partial charge in [-0.2, -0.15) is 0 Å². The fourth-order valence-electron chi connectivity index (χ4n) is 2.42. The molecule has 1 aliphatic rings. The number of amides is 1. The molecule has 2 rings (SSSR count). The second-order valence-corrected chi connectivity index (χ2v) is 5.09. The predicted octanol–water partition coefficient (Wildman–Crippen LogP) is 2.13. The van der Waals surface area contributed by atoms with Gasteiger partial charge < -0.3 is 9.80 Å². The van der Waals surface area contributed by atoms with E-state index in [0.717, 1.165) is 18.9 Å². The van der Waals surface area contributed by atoms with E-state index in [1.807, 2.05) is 14.1 Å². The molecule has 1 amide bonds. The van der Waals surface area contributed by atoms with E-state index in [-0.39, 0.29) is 5.56 Å². The third-order valence-corrected chi connectivity index (χ3v) is 3.66. The summed E-state index contributed by atoms with van der Waals surface area (Å²) in [5.74, 6) is -2.45. The third-order valence-electron chi connectivity index (χ3n) is 3.66.